The van der Waals surface area contributed by atoms with Crippen molar-refractivity contribution in [3.63, 3.8) is 0 Å². The zero-order valence-electron chi connectivity index (χ0n) is 11.8. The molecule has 1 aromatic carbocycles. The van der Waals surface area contributed by atoms with Crippen LogP contribution in [0.1, 0.15) is 44.1 Å². The SMILES string of the molecule is CC(=CCOC1CCC(c2ccccc2)CC1)[N+](=O)[O-]. The molecule has 1 aromatic rings. The number of hydrogen-bond acceptors (Lipinski definition) is 3. The quantitative estimate of drug-likeness (QED) is 0.604. The number of ether oxygens (including phenoxy) is 1. The maximum Gasteiger partial charge on any atom is 0.241 e. The molecule has 1 saturated carbocycles. The first-order valence-electron chi connectivity index (χ1n) is 7.14. The van der Waals surface area contributed by atoms with Gasteiger partial charge in [0.2, 0.25) is 5.70 Å². The maximum absolute atomic E-state index is 10.5. The van der Waals surface area contributed by atoms with Crippen LogP contribution in [0.4, 0.5) is 0 Å². The summed E-state index contributed by atoms with van der Waals surface area (Å²) < 4.78 is 5.71. The van der Waals surface area contributed by atoms with E-state index in [1.54, 1.807) is 6.08 Å². The van der Waals surface area contributed by atoms with Crippen LogP contribution in [0.15, 0.2) is 42.1 Å². The summed E-state index contributed by atoms with van der Waals surface area (Å²) in [6, 6.07) is 10.6. The van der Waals surface area contributed by atoms with Crippen LogP contribution in [0.25, 0.3) is 0 Å². The molecule has 0 bridgehead atoms. The first kappa shape index (κ1) is 14.7. The van der Waals surface area contributed by atoms with E-state index in [1.807, 2.05) is 6.07 Å². The molecule has 1 aliphatic carbocycles. The van der Waals surface area contributed by atoms with E-state index in [-0.39, 0.29) is 16.7 Å². The summed E-state index contributed by atoms with van der Waals surface area (Å²) in [6.45, 7) is 1.84. The van der Waals surface area contributed by atoms with Gasteiger partial charge in [0, 0.05) is 13.0 Å². The topological polar surface area (TPSA) is 52.4 Å². The predicted octanol–water partition coefficient (Wildman–Crippen LogP) is 3.91. The van der Waals surface area contributed by atoms with Crippen molar-refractivity contribution >= 4 is 0 Å². The summed E-state index contributed by atoms with van der Waals surface area (Å²) in [7, 11) is 0. The van der Waals surface area contributed by atoms with E-state index in [0.29, 0.717) is 12.5 Å². The van der Waals surface area contributed by atoms with Crippen LogP contribution in [-0.4, -0.2) is 17.6 Å². The lowest BCUT2D eigenvalue weighted by atomic mass is 9.83. The third kappa shape index (κ3) is 4.17. The molecule has 0 spiro atoms. The normalized spacial score (nSPS) is 23.6. The number of hydrogen-bond donors (Lipinski definition) is 0. The summed E-state index contributed by atoms with van der Waals surface area (Å²) >= 11 is 0. The van der Waals surface area contributed by atoms with E-state index in [4.69, 9.17) is 4.74 Å². The van der Waals surface area contributed by atoms with Crippen molar-refractivity contribution in [1.82, 2.24) is 0 Å². The standard InChI is InChI=1S/C16H21NO3/c1-13(17(18)19)11-12-20-16-9-7-15(8-10-16)14-5-3-2-4-6-14/h2-6,11,15-16H,7-10,12H2,1H3. The Morgan fingerprint density at radius 3 is 2.55 bits per heavy atom. The summed E-state index contributed by atoms with van der Waals surface area (Å²) in [6.07, 6.45) is 6.11. The smallest absolute Gasteiger partial charge is 0.241 e. The fraction of sp³-hybridized carbons (Fsp3) is 0.500. The van der Waals surface area contributed by atoms with E-state index < -0.39 is 0 Å². The highest BCUT2D eigenvalue weighted by Crippen LogP contribution is 2.33. The molecule has 0 atom stereocenters. The van der Waals surface area contributed by atoms with E-state index in [1.165, 1.54) is 12.5 Å². The second kappa shape index (κ2) is 7.20. The highest BCUT2D eigenvalue weighted by Gasteiger charge is 2.22. The molecule has 4 nitrogen and oxygen atoms in total. The van der Waals surface area contributed by atoms with Gasteiger partial charge in [-0.05, 0) is 37.2 Å². The van der Waals surface area contributed by atoms with Crippen LogP contribution in [0.5, 0.6) is 0 Å². The van der Waals surface area contributed by atoms with E-state index >= 15 is 0 Å². The molecule has 1 fully saturated rings. The van der Waals surface area contributed by atoms with Crippen molar-refractivity contribution in [3.8, 4) is 0 Å². The number of nitrogens with zero attached hydrogens (tertiary/aromatic N) is 1. The Morgan fingerprint density at radius 2 is 1.95 bits per heavy atom. The zero-order valence-corrected chi connectivity index (χ0v) is 11.8. The fourth-order valence-corrected chi connectivity index (χ4v) is 2.67. The molecule has 0 aliphatic heterocycles. The third-order valence-corrected chi connectivity index (χ3v) is 3.94. The molecule has 0 heterocycles. The molecule has 1 aliphatic rings. The lowest BCUT2D eigenvalue weighted by molar-refractivity contribution is -0.424. The van der Waals surface area contributed by atoms with Gasteiger partial charge in [-0.25, -0.2) is 0 Å². The van der Waals surface area contributed by atoms with Gasteiger partial charge in [-0.3, -0.25) is 10.1 Å². The fourth-order valence-electron chi connectivity index (χ4n) is 2.67. The molecule has 0 saturated heterocycles. The average Bonchev–Trinajstić information content (AvgIpc) is 2.48. The Labute approximate surface area is 119 Å². The lowest BCUT2D eigenvalue weighted by Gasteiger charge is -2.28. The molecule has 0 N–H and O–H groups in total. The lowest BCUT2D eigenvalue weighted by Crippen LogP contribution is -2.21. The summed E-state index contributed by atoms with van der Waals surface area (Å²) in [5, 5.41) is 10.5. The van der Waals surface area contributed by atoms with Gasteiger partial charge in [0.15, 0.2) is 0 Å². The minimum atomic E-state index is -0.379. The second-order valence-corrected chi connectivity index (χ2v) is 5.32. The van der Waals surface area contributed by atoms with Gasteiger partial charge in [-0.1, -0.05) is 30.3 Å². The maximum atomic E-state index is 10.5. The van der Waals surface area contributed by atoms with Gasteiger partial charge in [-0.2, -0.15) is 0 Å². The Morgan fingerprint density at radius 1 is 1.30 bits per heavy atom. The van der Waals surface area contributed by atoms with Gasteiger partial charge in [0.1, 0.15) is 0 Å². The highest BCUT2D eigenvalue weighted by molar-refractivity contribution is 5.19. The molecular weight excluding hydrogens is 254 g/mol. The number of allylic oxidation sites excluding steroid dienone is 1. The zero-order chi connectivity index (χ0) is 14.4. The van der Waals surface area contributed by atoms with Crippen LogP contribution in [0.3, 0.4) is 0 Å². The van der Waals surface area contributed by atoms with Crippen LogP contribution in [0, 0.1) is 10.1 Å². The van der Waals surface area contributed by atoms with Crippen molar-refractivity contribution in [2.24, 2.45) is 0 Å². The summed E-state index contributed by atoms with van der Waals surface area (Å²) in [4.78, 5) is 10.1. The number of nitro groups is 1. The van der Waals surface area contributed by atoms with Crippen LogP contribution >= 0.6 is 0 Å². The van der Waals surface area contributed by atoms with Crippen molar-refractivity contribution in [2.75, 3.05) is 6.61 Å². The van der Waals surface area contributed by atoms with Crippen molar-refractivity contribution < 1.29 is 9.66 Å². The van der Waals surface area contributed by atoms with Gasteiger partial charge >= 0.3 is 0 Å². The molecular formula is C16H21NO3. The molecule has 2 rings (SSSR count). The number of rotatable bonds is 5. The van der Waals surface area contributed by atoms with Crippen molar-refractivity contribution in [2.45, 2.75) is 44.6 Å². The first-order chi connectivity index (χ1) is 9.66. The largest absolute Gasteiger partial charge is 0.374 e. The average molecular weight is 275 g/mol. The first-order valence-corrected chi connectivity index (χ1v) is 7.14. The number of benzene rings is 1. The highest BCUT2D eigenvalue weighted by atomic mass is 16.6. The van der Waals surface area contributed by atoms with Crippen LogP contribution in [0.2, 0.25) is 0 Å². The van der Waals surface area contributed by atoms with Gasteiger partial charge < -0.3 is 4.74 Å². The summed E-state index contributed by atoms with van der Waals surface area (Å²) in [5.74, 6) is 0.632. The molecule has 0 unspecified atom stereocenters. The van der Waals surface area contributed by atoms with Gasteiger partial charge in [0.05, 0.1) is 17.6 Å². The molecule has 4 heteroatoms. The molecule has 0 aromatic heterocycles. The van der Waals surface area contributed by atoms with E-state index in [2.05, 4.69) is 24.3 Å². The minimum absolute atomic E-state index is 0.156. The molecule has 20 heavy (non-hydrogen) atoms. The molecule has 0 radical (unpaired) electrons. The Balaban J connectivity index is 1.75. The Hall–Kier alpha value is -1.68. The van der Waals surface area contributed by atoms with E-state index in [0.717, 1.165) is 25.7 Å². The van der Waals surface area contributed by atoms with Gasteiger partial charge in [-0.15, -0.1) is 0 Å². The van der Waals surface area contributed by atoms with Crippen molar-refractivity contribution in [3.05, 3.63) is 57.8 Å². The molecule has 0 amide bonds. The second-order valence-electron chi connectivity index (χ2n) is 5.32. The van der Waals surface area contributed by atoms with E-state index in [9.17, 15) is 10.1 Å². The van der Waals surface area contributed by atoms with Crippen molar-refractivity contribution in [1.29, 1.82) is 0 Å². The summed E-state index contributed by atoms with van der Waals surface area (Å²) in [5.41, 5.74) is 1.57. The third-order valence-electron chi connectivity index (χ3n) is 3.94. The Kier molecular flexibility index (Phi) is 5.30. The van der Waals surface area contributed by atoms with Crippen LogP contribution < -0.4 is 0 Å². The predicted molar refractivity (Wildman–Crippen MR) is 78.1 cm³/mol. The minimum Gasteiger partial charge on any atom is -0.374 e. The van der Waals surface area contributed by atoms with Gasteiger partial charge in [0.25, 0.3) is 0 Å². The molecule has 108 valence electrons. The monoisotopic (exact) mass is 275 g/mol. The Bertz CT molecular complexity index is 462. The van der Waals surface area contributed by atoms with Crippen LogP contribution in [-0.2, 0) is 4.74 Å².